The molecule has 0 aliphatic heterocycles. The van der Waals surface area contributed by atoms with Gasteiger partial charge in [-0.1, -0.05) is 18.2 Å². The quantitative estimate of drug-likeness (QED) is 0.427. The molecule has 17 heavy (non-hydrogen) atoms. The molecular formula is C12H14O5. The molecule has 0 spiro atoms. The van der Waals surface area contributed by atoms with Crippen molar-refractivity contribution >= 4 is 12.3 Å². The largest absolute Gasteiger partial charge is 0.524 e. The molecule has 0 aliphatic carbocycles. The lowest BCUT2D eigenvalue weighted by Crippen LogP contribution is -2.27. The van der Waals surface area contributed by atoms with Gasteiger partial charge in [0.05, 0.1) is 0 Å². The molecule has 0 aliphatic rings. The highest BCUT2D eigenvalue weighted by atomic mass is 16.8. The first-order valence-corrected chi connectivity index (χ1v) is 5.04. The molecule has 1 rings (SSSR count). The van der Waals surface area contributed by atoms with Crippen LogP contribution in [0.4, 0.5) is 9.59 Å². The Balaban J connectivity index is 2.43. The highest BCUT2D eigenvalue weighted by Crippen LogP contribution is 2.11. The van der Waals surface area contributed by atoms with Crippen LogP contribution in [0.3, 0.4) is 0 Å². The molecule has 0 saturated carbocycles. The number of hydrogen-bond acceptors (Lipinski definition) is 5. The van der Waals surface area contributed by atoms with Gasteiger partial charge in [-0.15, -0.1) is 0 Å². The first-order valence-electron chi connectivity index (χ1n) is 5.04. The van der Waals surface area contributed by atoms with E-state index in [2.05, 4.69) is 4.74 Å². The third kappa shape index (κ3) is 5.55. The van der Waals surface area contributed by atoms with E-state index in [0.717, 1.165) is 0 Å². The first kappa shape index (κ1) is 13.0. The van der Waals surface area contributed by atoms with Crippen LogP contribution in [0.25, 0.3) is 0 Å². The minimum atomic E-state index is -1.12. The van der Waals surface area contributed by atoms with Crippen molar-refractivity contribution in [3.8, 4) is 5.75 Å². The third-order valence-corrected chi connectivity index (χ3v) is 1.50. The van der Waals surface area contributed by atoms with Crippen molar-refractivity contribution in [2.75, 3.05) is 0 Å². The van der Waals surface area contributed by atoms with E-state index >= 15 is 0 Å². The van der Waals surface area contributed by atoms with E-state index in [1.54, 1.807) is 51.1 Å². The molecule has 0 radical (unpaired) electrons. The van der Waals surface area contributed by atoms with E-state index in [4.69, 9.17) is 9.47 Å². The van der Waals surface area contributed by atoms with Crippen molar-refractivity contribution in [2.24, 2.45) is 0 Å². The summed E-state index contributed by atoms with van der Waals surface area (Å²) in [5, 5.41) is 0. The smallest absolute Gasteiger partial charge is 0.428 e. The summed E-state index contributed by atoms with van der Waals surface area (Å²) in [6.07, 6.45) is -2.20. The topological polar surface area (TPSA) is 61.8 Å². The molecule has 1 aromatic carbocycles. The van der Waals surface area contributed by atoms with Gasteiger partial charge in [-0.3, -0.25) is 0 Å². The minimum Gasteiger partial charge on any atom is -0.428 e. The van der Waals surface area contributed by atoms with Crippen LogP contribution in [0.15, 0.2) is 30.3 Å². The lowest BCUT2D eigenvalue weighted by molar-refractivity contribution is 0.00148. The molecule has 0 N–H and O–H groups in total. The van der Waals surface area contributed by atoms with Gasteiger partial charge in [-0.2, -0.15) is 0 Å². The molecule has 5 nitrogen and oxygen atoms in total. The molecular weight excluding hydrogens is 224 g/mol. The van der Waals surface area contributed by atoms with Gasteiger partial charge < -0.3 is 14.2 Å². The van der Waals surface area contributed by atoms with Crippen molar-refractivity contribution in [3.05, 3.63) is 30.3 Å². The number of benzene rings is 1. The van der Waals surface area contributed by atoms with Crippen LogP contribution in [0.1, 0.15) is 20.8 Å². The van der Waals surface area contributed by atoms with Crippen LogP contribution in [-0.2, 0) is 9.47 Å². The SMILES string of the molecule is CC(C)(C)OC(=O)OC(=O)Oc1ccccc1. The van der Waals surface area contributed by atoms with E-state index in [1.165, 1.54) is 0 Å². The van der Waals surface area contributed by atoms with Crippen LogP contribution in [0.2, 0.25) is 0 Å². The Labute approximate surface area is 99.3 Å². The van der Waals surface area contributed by atoms with E-state index < -0.39 is 17.9 Å². The third-order valence-electron chi connectivity index (χ3n) is 1.50. The fourth-order valence-electron chi connectivity index (χ4n) is 0.944. The highest BCUT2D eigenvalue weighted by Gasteiger charge is 2.21. The summed E-state index contributed by atoms with van der Waals surface area (Å²) in [7, 11) is 0. The Morgan fingerprint density at radius 3 is 2.12 bits per heavy atom. The standard InChI is InChI=1S/C12H14O5/c1-12(2,3)17-11(14)16-10(13)15-9-7-5-4-6-8-9/h4-8H,1-3H3. The van der Waals surface area contributed by atoms with Crippen LogP contribution in [0, 0.1) is 0 Å². The molecule has 0 amide bonds. The molecule has 0 atom stereocenters. The zero-order valence-electron chi connectivity index (χ0n) is 9.93. The Morgan fingerprint density at radius 1 is 1.00 bits per heavy atom. The van der Waals surface area contributed by atoms with Crippen LogP contribution >= 0.6 is 0 Å². The van der Waals surface area contributed by atoms with E-state index in [9.17, 15) is 9.59 Å². The Bertz CT molecular complexity index is 391. The fourth-order valence-corrected chi connectivity index (χ4v) is 0.944. The van der Waals surface area contributed by atoms with Crippen LogP contribution in [0.5, 0.6) is 5.75 Å². The molecule has 92 valence electrons. The summed E-state index contributed by atoms with van der Waals surface area (Å²) in [5.74, 6) is 0.293. The van der Waals surface area contributed by atoms with Crippen molar-refractivity contribution < 1.29 is 23.8 Å². The predicted octanol–water partition coefficient (Wildman–Crippen LogP) is 3.14. The van der Waals surface area contributed by atoms with Crippen molar-refractivity contribution in [2.45, 2.75) is 26.4 Å². The normalized spacial score (nSPS) is 10.5. The molecule has 0 bridgehead atoms. The molecule has 0 aromatic heterocycles. The average Bonchev–Trinajstić information content (AvgIpc) is 2.15. The second-order valence-corrected chi connectivity index (χ2v) is 4.23. The number of para-hydroxylation sites is 1. The van der Waals surface area contributed by atoms with Crippen molar-refractivity contribution in [1.82, 2.24) is 0 Å². The zero-order chi connectivity index (χ0) is 12.9. The maximum absolute atomic E-state index is 11.2. The molecule has 5 heteroatoms. The maximum atomic E-state index is 11.2. The second-order valence-electron chi connectivity index (χ2n) is 4.23. The number of carbonyl (C=O) groups excluding carboxylic acids is 2. The van der Waals surface area contributed by atoms with Gasteiger partial charge >= 0.3 is 12.3 Å². The van der Waals surface area contributed by atoms with Gasteiger partial charge in [0.2, 0.25) is 0 Å². The lowest BCUT2D eigenvalue weighted by atomic mass is 10.2. The summed E-state index contributed by atoms with van der Waals surface area (Å²) < 4.78 is 13.8. The number of rotatable bonds is 1. The van der Waals surface area contributed by atoms with Gasteiger partial charge in [0.25, 0.3) is 0 Å². The van der Waals surface area contributed by atoms with Crippen LogP contribution in [-0.4, -0.2) is 17.9 Å². The van der Waals surface area contributed by atoms with E-state index in [0.29, 0.717) is 5.75 Å². The first-order chi connectivity index (χ1) is 7.87. The summed E-state index contributed by atoms with van der Waals surface area (Å²) in [6.45, 7) is 4.99. The zero-order valence-corrected chi connectivity index (χ0v) is 9.93. The summed E-state index contributed by atoms with van der Waals surface area (Å²) >= 11 is 0. The van der Waals surface area contributed by atoms with Crippen molar-refractivity contribution in [1.29, 1.82) is 0 Å². The Hall–Kier alpha value is -2.04. The lowest BCUT2D eigenvalue weighted by Gasteiger charge is -2.17. The monoisotopic (exact) mass is 238 g/mol. The van der Waals surface area contributed by atoms with Gasteiger partial charge in [-0.25, -0.2) is 9.59 Å². The Morgan fingerprint density at radius 2 is 1.59 bits per heavy atom. The molecule has 0 unspecified atom stereocenters. The van der Waals surface area contributed by atoms with Crippen LogP contribution < -0.4 is 4.74 Å². The molecule has 0 saturated heterocycles. The summed E-state index contributed by atoms with van der Waals surface area (Å²) in [4.78, 5) is 22.3. The van der Waals surface area contributed by atoms with Gasteiger partial charge in [0.1, 0.15) is 11.4 Å². The maximum Gasteiger partial charge on any atom is 0.524 e. The van der Waals surface area contributed by atoms with Gasteiger partial charge in [0.15, 0.2) is 0 Å². The van der Waals surface area contributed by atoms with Gasteiger partial charge in [0, 0.05) is 0 Å². The molecule has 1 aromatic rings. The van der Waals surface area contributed by atoms with E-state index in [-0.39, 0.29) is 0 Å². The Kier molecular flexibility index (Phi) is 4.09. The second kappa shape index (κ2) is 5.34. The number of ether oxygens (including phenoxy) is 3. The molecule has 0 heterocycles. The number of hydrogen-bond donors (Lipinski definition) is 0. The predicted molar refractivity (Wildman–Crippen MR) is 59.8 cm³/mol. The van der Waals surface area contributed by atoms with Crippen molar-refractivity contribution in [3.63, 3.8) is 0 Å². The summed E-state index contributed by atoms with van der Waals surface area (Å²) in [5.41, 5.74) is -0.718. The van der Waals surface area contributed by atoms with Gasteiger partial charge in [-0.05, 0) is 32.9 Å². The highest BCUT2D eigenvalue weighted by molar-refractivity contribution is 5.78. The van der Waals surface area contributed by atoms with E-state index in [1.807, 2.05) is 0 Å². The number of carbonyl (C=O) groups is 2. The fraction of sp³-hybridized carbons (Fsp3) is 0.333. The minimum absolute atomic E-state index is 0.293. The summed E-state index contributed by atoms with van der Waals surface area (Å²) in [6, 6.07) is 8.28. The average molecular weight is 238 g/mol. The molecule has 0 fully saturated rings.